The zero-order valence-corrected chi connectivity index (χ0v) is 7.71. The van der Waals surface area contributed by atoms with Crippen LogP contribution in [0, 0.1) is 5.92 Å². The van der Waals surface area contributed by atoms with E-state index in [4.69, 9.17) is 0 Å². The van der Waals surface area contributed by atoms with Crippen molar-refractivity contribution in [1.82, 2.24) is 5.32 Å². The minimum Gasteiger partial charge on any atom is -0.314 e. The van der Waals surface area contributed by atoms with Crippen LogP contribution in [0.3, 0.4) is 0 Å². The summed E-state index contributed by atoms with van der Waals surface area (Å²) in [6.07, 6.45) is 4.16. The highest BCUT2D eigenvalue weighted by Gasteiger charge is 2.14. The van der Waals surface area contributed by atoms with Crippen molar-refractivity contribution in [3.63, 3.8) is 0 Å². The number of piperidine rings is 1. The van der Waals surface area contributed by atoms with Gasteiger partial charge in [0.25, 0.3) is 0 Å². The van der Waals surface area contributed by atoms with E-state index in [1.54, 1.807) is 0 Å². The molecule has 1 saturated heterocycles. The first kappa shape index (κ1) is 10.2. The summed E-state index contributed by atoms with van der Waals surface area (Å²) in [7, 11) is 0. The lowest BCUT2D eigenvalue weighted by Crippen LogP contribution is -2.36. The summed E-state index contributed by atoms with van der Waals surface area (Å²) in [6, 6.07) is 0.771. The van der Waals surface area contributed by atoms with Crippen LogP contribution in [0.1, 0.15) is 33.1 Å². The van der Waals surface area contributed by atoms with Gasteiger partial charge in [0, 0.05) is 6.04 Å². The Kier molecular flexibility index (Phi) is 5.10. The Morgan fingerprint density at radius 3 is 2.50 bits per heavy atom. The highest BCUT2D eigenvalue weighted by atomic mass is 35.5. The molecule has 0 spiro atoms. The van der Waals surface area contributed by atoms with Gasteiger partial charge in [-0.3, -0.25) is 0 Å². The van der Waals surface area contributed by atoms with E-state index in [0.29, 0.717) is 0 Å². The van der Waals surface area contributed by atoms with Crippen molar-refractivity contribution in [3.8, 4) is 0 Å². The number of nitrogens with one attached hydrogen (secondary N) is 1. The number of rotatable bonds is 1. The van der Waals surface area contributed by atoms with E-state index in [9.17, 15) is 0 Å². The van der Waals surface area contributed by atoms with Gasteiger partial charge < -0.3 is 5.32 Å². The molecule has 0 aliphatic carbocycles. The van der Waals surface area contributed by atoms with Gasteiger partial charge in [-0.05, 0) is 32.2 Å². The lowest BCUT2D eigenvalue weighted by atomic mass is 9.94. The van der Waals surface area contributed by atoms with Gasteiger partial charge in [-0.25, -0.2) is 0 Å². The Bertz CT molecular complexity index is 77.3. The molecule has 2 heteroatoms. The Hall–Kier alpha value is 0.250. The van der Waals surface area contributed by atoms with Crippen LogP contribution in [-0.4, -0.2) is 12.6 Å². The molecule has 0 unspecified atom stereocenters. The number of halogens is 1. The number of hydrogen-bond donors (Lipinski definition) is 1. The zero-order valence-electron chi connectivity index (χ0n) is 6.89. The zero-order chi connectivity index (χ0) is 6.69. The van der Waals surface area contributed by atoms with Crippen molar-refractivity contribution in [2.75, 3.05) is 6.54 Å². The van der Waals surface area contributed by atoms with Gasteiger partial charge in [-0.15, -0.1) is 12.4 Å². The molecule has 0 amide bonds. The first-order chi connectivity index (χ1) is 4.33. The summed E-state index contributed by atoms with van der Waals surface area (Å²) < 4.78 is 0. The molecular formula is C8H18ClN. The Labute approximate surface area is 70.0 Å². The van der Waals surface area contributed by atoms with E-state index < -0.39 is 0 Å². The highest BCUT2D eigenvalue weighted by Crippen LogP contribution is 2.16. The molecule has 10 heavy (non-hydrogen) atoms. The van der Waals surface area contributed by atoms with Crippen molar-refractivity contribution in [3.05, 3.63) is 0 Å². The van der Waals surface area contributed by atoms with Crippen molar-refractivity contribution >= 4 is 12.4 Å². The maximum absolute atomic E-state index is 3.48. The first-order valence-electron chi connectivity index (χ1n) is 4.06. The molecular weight excluding hydrogens is 146 g/mol. The van der Waals surface area contributed by atoms with Crippen LogP contribution in [0.4, 0.5) is 0 Å². The van der Waals surface area contributed by atoms with Gasteiger partial charge in [-0.2, -0.15) is 0 Å². The maximum atomic E-state index is 3.48. The summed E-state index contributed by atoms with van der Waals surface area (Å²) in [5, 5.41) is 3.48. The van der Waals surface area contributed by atoms with Gasteiger partial charge in [0.15, 0.2) is 0 Å². The first-order valence-corrected chi connectivity index (χ1v) is 4.06. The molecule has 0 aromatic rings. The third-order valence-corrected chi connectivity index (χ3v) is 2.34. The minimum absolute atomic E-state index is 0. The van der Waals surface area contributed by atoms with E-state index in [1.807, 2.05) is 0 Å². The average Bonchev–Trinajstić information content (AvgIpc) is 1.90. The summed E-state index contributed by atoms with van der Waals surface area (Å²) in [5.74, 6) is 0.959. The summed E-state index contributed by atoms with van der Waals surface area (Å²) in [4.78, 5) is 0. The van der Waals surface area contributed by atoms with E-state index in [-0.39, 0.29) is 12.4 Å². The molecule has 2 atom stereocenters. The predicted molar refractivity (Wildman–Crippen MR) is 47.7 cm³/mol. The van der Waals surface area contributed by atoms with Crippen molar-refractivity contribution < 1.29 is 0 Å². The largest absolute Gasteiger partial charge is 0.314 e. The number of hydrogen-bond acceptors (Lipinski definition) is 1. The highest BCUT2D eigenvalue weighted by molar-refractivity contribution is 5.85. The fraction of sp³-hybridized carbons (Fsp3) is 1.00. The molecule has 1 aliphatic rings. The van der Waals surface area contributed by atoms with Crippen molar-refractivity contribution in [1.29, 1.82) is 0 Å². The summed E-state index contributed by atoms with van der Waals surface area (Å²) >= 11 is 0. The lowest BCUT2D eigenvalue weighted by Gasteiger charge is -2.26. The summed E-state index contributed by atoms with van der Waals surface area (Å²) in [6.45, 7) is 5.80. The standard InChI is InChI=1S/C8H17N.ClH/c1-3-8-5-4-7(2)9-6-8;/h7-9H,3-6H2,1-2H3;1H/t7-,8+;/m0./s1. The molecule has 1 aliphatic heterocycles. The molecule has 1 N–H and O–H groups in total. The molecule has 1 nitrogen and oxygen atoms in total. The molecule has 1 heterocycles. The topological polar surface area (TPSA) is 12.0 Å². The van der Waals surface area contributed by atoms with Crippen LogP contribution < -0.4 is 5.32 Å². The van der Waals surface area contributed by atoms with Gasteiger partial charge in [0.1, 0.15) is 0 Å². The van der Waals surface area contributed by atoms with Crippen molar-refractivity contribution in [2.45, 2.75) is 39.2 Å². The Balaban J connectivity index is 0.000000810. The minimum atomic E-state index is 0. The summed E-state index contributed by atoms with van der Waals surface area (Å²) in [5.41, 5.74) is 0. The van der Waals surface area contributed by atoms with Gasteiger partial charge in [0.05, 0.1) is 0 Å². The van der Waals surface area contributed by atoms with Crippen LogP contribution in [0.15, 0.2) is 0 Å². The molecule has 0 radical (unpaired) electrons. The second-order valence-electron chi connectivity index (χ2n) is 3.16. The predicted octanol–water partition coefficient (Wildman–Crippen LogP) is 2.21. The van der Waals surface area contributed by atoms with Crippen LogP contribution >= 0.6 is 12.4 Å². The van der Waals surface area contributed by atoms with Crippen molar-refractivity contribution in [2.24, 2.45) is 5.92 Å². The Morgan fingerprint density at radius 2 is 2.10 bits per heavy atom. The van der Waals surface area contributed by atoms with Crippen LogP contribution in [-0.2, 0) is 0 Å². The molecule has 1 rings (SSSR count). The second-order valence-corrected chi connectivity index (χ2v) is 3.16. The van der Waals surface area contributed by atoms with E-state index in [1.165, 1.54) is 25.8 Å². The van der Waals surface area contributed by atoms with E-state index >= 15 is 0 Å². The fourth-order valence-electron chi connectivity index (χ4n) is 1.41. The Morgan fingerprint density at radius 1 is 1.40 bits per heavy atom. The monoisotopic (exact) mass is 163 g/mol. The van der Waals surface area contributed by atoms with Gasteiger partial charge >= 0.3 is 0 Å². The van der Waals surface area contributed by atoms with Crippen LogP contribution in [0.25, 0.3) is 0 Å². The van der Waals surface area contributed by atoms with E-state index in [2.05, 4.69) is 19.2 Å². The quantitative estimate of drug-likeness (QED) is 0.625. The van der Waals surface area contributed by atoms with Gasteiger partial charge in [-0.1, -0.05) is 13.3 Å². The van der Waals surface area contributed by atoms with Crippen LogP contribution in [0.2, 0.25) is 0 Å². The molecule has 0 bridgehead atoms. The average molecular weight is 164 g/mol. The van der Waals surface area contributed by atoms with Crippen LogP contribution in [0.5, 0.6) is 0 Å². The molecule has 0 aromatic heterocycles. The molecule has 62 valence electrons. The SMILES string of the molecule is CC[C@@H]1CC[C@H](C)NC1.Cl. The van der Waals surface area contributed by atoms with Gasteiger partial charge in [0.2, 0.25) is 0 Å². The van der Waals surface area contributed by atoms with E-state index in [0.717, 1.165) is 12.0 Å². The molecule has 0 saturated carbocycles. The smallest absolute Gasteiger partial charge is 0.00389 e. The molecule has 0 aromatic carbocycles. The molecule has 1 fully saturated rings. The third kappa shape index (κ3) is 2.89. The lowest BCUT2D eigenvalue weighted by molar-refractivity contribution is 0.317. The maximum Gasteiger partial charge on any atom is 0.00389 e. The third-order valence-electron chi connectivity index (χ3n) is 2.34. The normalized spacial score (nSPS) is 33.0. The fourth-order valence-corrected chi connectivity index (χ4v) is 1.41. The second kappa shape index (κ2) is 4.97.